The van der Waals surface area contributed by atoms with Crippen LogP contribution in [0.4, 0.5) is 0 Å². The van der Waals surface area contributed by atoms with Crippen molar-refractivity contribution in [3.8, 4) is 6.07 Å². The molecule has 2 atom stereocenters. The third-order valence-corrected chi connectivity index (χ3v) is 3.54. The molecule has 1 N–H and O–H groups in total. The van der Waals surface area contributed by atoms with E-state index in [9.17, 15) is 5.26 Å². The quantitative estimate of drug-likeness (QED) is 0.563. The largest absolute Gasteiger partial charge is 0.394 e. The molecule has 1 fully saturated rings. The molecule has 1 aliphatic rings. The van der Waals surface area contributed by atoms with Gasteiger partial charge in [-0.2, -0.15) is 5.26 Å². The Morgan fingerprint density at radius 2 is 2.06 bits per heavy atom. The summed E-state index contributed by atoms with van der Waals surface area (Å²) < 4.78 is 5.27. The summed E-state index contributed by atoms with van der Waals surface area (Å²) in [7, 11) is 2.07. The molecule has 1 aliphatic carbocycles. The van der Waals surface area contributed by atoms with Crippen LogP contribution in [0.15, 0.2) is 0 Å². The summed E-state index contributed by atoms with van der Waals surface area (Å²) in [4.78, 5) is 2.25. The van der Waals surface area contributed by atoms with Crippen molar-refractivity contribution < 1.29 is 9.84 Å². The zero-order valence-corrected chi connectivity index (χ0v) is 10.8. The second-order valence-electron chi connectivity index (χ2n) is 4.76. The number of hydrogen-bond acceptors (Lipinski definition) is 4. The molecule has 0 bridgehead atoms. The second-order valence-corrected chi connectivity index (χ2v) is 4.76. The van der Waals surface area contributed by atoms with Crippen LogP contribution < -0.4 is 0 Å². The fourth-order valence-electron chi connectivity index (χ4n) is 2.51. The van der Waals surface area contributed by atoms with E-state index in [1.54, 1.807) is 0 Å². The first-order chi connectivity index (χ1) is 8.29. The molecular formula is C13H24N2O2. The fraction of sp³-hybridized carbons (Fsp3) is 0.923. The van der Waals surface area contributed by atoms with E-state index in [2.05, 4.69) is 18.0 Å². The van der Waals surface area contributed by atoms with Gasteiger partial charge in [-0.3, -0.25) is 4.90 Å². The van der Waals surface area contributed by atoms with Crippen LogP contribution in [0.3, 0.4) is 0 Å². The summed E-state index contributed by atoms with van der Waals surface area (Å²) in [5.74, 6) is 0.167. The molecule has 17 heavy (non-hydrogen) atoms. The second kappa shape index (κ2) is 8.46. The van der Waals surface area contributed by atoms with E-state index in [0.717, 1.165) is 19.4 Å². The minimum absolute atomic E-state index is 0.0773. The molecule has 0 amide bonds. The Hall–Kier alpha value is -0.630. The Bertz CT molecular complexity index is 240. The van der Waals surface area contributed by atoms with Crippen LogP contribution in [-0.4, -0.2) is 49.5 Å². The lowest BCUT2D eigenvalue weighted by Crippen LogP contribution is -2.39. The third-order valence-electron chi connectivity index (χ3n) is 3.54. The number of hydrogen-bond donors (Lipinski definition) is 1. The standard InChI is InChI=1S/C13H24N2O2/c1-15(7-9-17-10-8-16)13-6-4-2-3-5-12(13)11-14/h12-13,16H,2-10H2,1H3. The molecule has 0 saturated heterocycles. The van der Waals surface area contributed by atoms with Crippen molar-refractivity contribution in [2.75, 3.05) is 33.4 Å². The van der Waals surface area contributed by atoms with E-state index in [1.807, 2.05) is 0 Å². The number of ether oxygens (including phenoxy) is 1. The van der Waals surface area contributed by atoms with Gasteiger partial charge in [0, 0.05) is 12.6 Å². The summed E-state index contributed by atoms with van der Waals surface area (Å²) in [6.45, 7) is 1.95. The maximum Gasteiger partial charge on any atom is 0.0698 e. The Kier molecular flexibility index (Phi) is 7.18. The lowest BCUT2D eigenvalue weighted by molar-refractivity contribution is 0.0647. The minimum Gasteiger partial charge on any atom is -0.394 e. The zero-order valence-electron chi connectivity index (χ0n) is 10.8. The van der Waals surface area contributed by atoms with Crippen LogP contribution in [0.5, 0.6) is 0 Å². The van der Waals surface area contributed by atoms with Crippen LogP contribution in [0.25, 0.3) is 0 Å². The number of aliphatic hydroxyl groups excluding tert-OH is 1. The molecule has 1 saturated carbocycles. The lowest BCUT2D eigenvalue weighted by atomic mass is 9.95. The number of rotatable bonds is 6. The summed E-state index contributed by atoms with van der Waals surface area (Å²) in [6, 6.07) is 2.83. The van der Waals surface area contributed by atoms with E-state index in [0.29, 0.717) is 19.3 Å². The molecule has 4 nitrogen and oxygen atoms in total. The van der Waals surface area contributed by atoms with Gasteiger partial charge in [0.1, 0.15) is 0 Å². The molecule has 0 aromatic heterocycles. The van der Waals surface area contributed by atoms with Crippen molar-refractivity contribution in [3.63, 3.8) is 0 Å². The van der Waals surface area contributed by atoms with E-state index < -0.39 is 0 Å². The SMILES string of the molecule is CN(CCOCCO)C1CCCCCC1C#N. The highest BCUT2D eigenvalue weighted by molar-refractivity contribution is 4.93. The normalized spacial score (nSPS) is 25.5. The van der Waals surface area contributed by atoms with Crippen LogP contribution in [0.2, 0.25) is 0 Å². The Balaban J connectivity index is 2.36. The number of likely N-dealkylation sites (N-methyl/N-ethyl adjacent to an activating group) is 1. The van der Waals surface area contributed by atoms with Gasteiger partial charge in [0.25, 0.3) is 0 Å². The van der Waals surface area contributed by atoms with E-state index >= 15 is 0 Å². The van der Waals surface area contributed by atoms with E-state index in [1.165, 1.54) is 19.3 Å². The highest BCUT2D eigenvalue weighted by Crippen LogP contribution is 2.26. The molecule has 4 heteroatoms. The molecule has 98 valence electrons. The van der Waals surface area contributed by atoms with Crippen molar-refractivity contribution in [3.05, 3.63) is 0 Å². The highest BCUT2D eigenvalue weighted by atomic mass is 16.5. The molecule has 0 heterocycles. The maximum absolute atomic E-state index is 9.20. The fourth-order valence-corrected chi connectivity index (χ4v) is 2.51. The molecule has 0 aromatic rings. The molecular weight excluding hydrogens is 216 g/mol. The van der Waals surface area contributed by atoms with Crippen LogP contribution in [-0.2, 0) is 4.74 Å². The van der Waals surface area contributed by atoms with Gasteiger partial charge in [0.2, 0.25) is 0 Å². The Labute approximate surface area is 104 Å². The molecule has 0 aliphatic heterocycles. The average molecular weight is 240 g/mol. The summed E-state index contributed by atoms with van der Waals surface area (Å²) >= 11 is 0. The minimum atomic E-state index is 0.0773. The first-order valence-corrected chi connectivity index (χ1v) is 6.58. The zero-order chi connectivity index (χ0) is 12.5. The predicted molar refractivity (Wildman–Crippen MR) is 66.5 cm³/mol. The van der Waals surface area contributed by atoms with E-state index in [-0.39, 0.29) is 12.5 Å². The summed E-state index contributed by atoms with van der Waals surface area (Å²) in [5.41, 5.74) is 0. The van der Waals surface area contributed by atoms with Crippen molar-refractivity contribution in [2.24, 2.45) is 5.92 Å². The molecule has 2 unspecified atom stereocenters. The van der Waals surface area contributed by atoms with Crippen molar-refractivity contribution in [1.82, 2.24) is 4.90 Å². The van der Waals surface area contributed by atoms with Gasteiger partial charge in [-0.1, -0.05) is 19.3 Å². The van der Waals surface area contributed by atoms with E-state index in [4.69, 9.17) is 9.84 Å². The monoisotopic (exact) mass is 240 g/mol. The number of nitrogens with zero attached hydrogens (tertiary/aromatic N) is 2. The first kappa shape index (κ1) is 14.4. The van der Waals surface area contributed by atoms with Crippen molar-refractivity contribution in [1.29, 1.82) is 5.26 Å². The van der Waals surface area contributed by atoms with Gasteiger partial charge in [0.15, 0.2) is 0 Å². The van der Waals surface area contributed by atoms with Gasteiger partial charge in [-0.25, -0.2) is 0 Å². The molecule has 0 spiro atoms. The van der Waals surface area contributed by atoms with Gasteiger partial charge in [-0.15, -0.1) is 0 Å². The van der Waals surface area contributed by atoms with Crippen molar-refractivity contribution in [2.45, 2.75) is 38.1 Å². The number of aliphatic hydroxyl groups is 1. The Morgan fingerprint density at radius 1 is 1.29 bits per heavy atom. The molecule has 0 aromatic carbocycles. The number of nitriles is 1. The van der Waals surface area contributed by atoms with Gasteiger partial charge in [-0.05, 0) is 19.9 Å². The first-order valence-electron chi connectivity index (χ1n) is 6.58. The average Bonchev–Trinajstić information content (AvgIpc) is 2.59. The van der Waals surface area contributed by atoms with Gasteiger partial charge in [0.05, 0.1) is 31.8 Å². The smallest absolute Gasteiger partial charge is 0.0698 e. The maximum atomic E-state index is 9.20. The predicted octanol–water partition coefficient (Wildman–Crippen LogP) is 1.40. The highest BCUT2D eigenvalue weighted by Gasteiger charge is 2.26. The lowest BCUT2D eigenvalue weighted by Gasteiger charge is -2.30. The van der Waals surface area contributed by atoms with Crippen molar-refractivity contribution >= 4 is 0 Å². The topological polar surface area (TPSA) is 56.5 Å². The van der Waals surface area contributed by atoms with Gasteiger partial charge >= 0.3 is 0 Å². The molecule has 1 rings (SSSR count). The third kappa shape index (κ3) is 5.03. The summed E-state index contributed by atoms with van der Waals surface area (Å²) in [5, 5.41) is 17.8. The van der Waals surface area contributed by atoms with Crippen LogP contribution in [0.1, 0.15) is 32.1 Å². The molecule has 0 radical (unpaired) electrons. The van der Waals surface area contributed by atoms with Crippen LogP contribution in [0, 0.1) is 17.2 Å². The summed E-state index contributed by atoms with van der Waals surface area (Å²) in [6.07, 6.45) is 5.82. The van der Waals surface area contributed by atoms with Gasteiger partial charge < -0.3 is 9.84 Å². The van der Waals surface area contributed by atoms with Crippen LogP contribution >= 0.6 is 0 Å². The Morgan fingerprint density at radius 3 is 2.76 bits per heavy atom.